The summed E-state index contributed by atoms with van der Waals surface area (Å²) in [6.07, 6.45) is 4.02. The first-order chi connectivity index (χ1) is 15.0. The molecule has 3 saturated heterocycles. The zero-order valence-corrected chi connectivity index (χ0v) is 18.2. The molecule has 0 bridgehead atoms. The average Bonchev–Trinajstić information content (AvgIpc) is 3.19. The summed E-state index contributed by atoms with van der Waals surface area (Å²) in [6.45, 7) is 3.43. The monoisotopic (exact) mass is 432 g/mol. The van der Waals surface area contributed by atoms with E-state index < -0.39 is 0 Å². The van der Waals surface area contributed by atoms with Gasteiger partial charge in [0, 0.05) is 57.4 Å². The molecule has 170 valence electrons. The number of fused-ring (bicyclic) bond motifs is 1. The topological polar surface area (TPSA) is 73.9 Å². The Kier molecular flexibility index (Phi) is 7.20. The van der Waals surface area contributed by atoms with Gasteiger partial charge in [-0.15, -0.1) is 0 Å². The number of nitrogens with one attached hydrogen (secondary N) is 2. The van der Waals surface area contributed by atoms with E-state index in [9.17, 15) is 14.0 Å². The van der Waals surface area contributed by atoms with Crippen molar-refractivity contribution in [2.75, 3.05) is 33.4 Å². The van der Waals surface area contributed by atoms with Gasteiger partial charge < -0.3 is 15.4 Å². The number of rotatable bonds is 6. The third-order valence-electron chi connectivity index (χ3n) is 7.05. The van der Waals surface area contributed by atoms with E-state index in [0.717, 1.165) is 44.6 Å². The van der Waals surface area contributed by atoms with Gasteiger partial charge >= 0.3 is 0 Å². The molecule has 2 N–H and O–H groups in total. The average molecular weight is 433 g/mol. The van der Waals surface area contributed by atoms with Gasteiger partial charge in [-0.2, -0.15) is 0 Å². The maximum Gasteiger partial charge on any atom is 0.239 e. The highest BCUT2D eigenvalue weighted by molar-refractivity contribution is 5.83. The SMILES string of the molecule is CN1[C@@H](CCC(=O)NCc2ccc(F)cc2)CNC(=O)[C@@H]2[C@@H]1CCN2C1CCOCC1. The summed E-state index contributed by atoms with van der Waals surface area (Å²) in [4.78, 5) is 30.0. The van der Waals surface area contributed by atoms with Crippen LogP contribution in [0.25, 0.3) is 0 Å². The minimum Gasteiger partial charge on any atom is -0.381 e. The number of halogens is 1. The second-order valence-electron chi connectivity index (χ2n) is 8.89. The first-order valence-electron chi connectivity index (χ1n) is 11.4. The Bertz CT molecular complexity index is 769. The van der Waals surface area contributed by atoms with Crippen LogP contribution in [0, 0.1) is 5.82 Å². The van der Waals surface area contributed by atoms with Gasteiger partial charge in [-0.3, -0.25) is 19.4 Å². The fourth-order valence-corrected chi connectivity index (χ4v) is 5.21. The van der Waals surface area contributed by atoms with E-state index in [-0.39, 0.29) is 35.8 Å². The molecule has 8 heteroatoms. The predicted molar refractivity (Wildman–Crippen MR) is 115 cm³/mol. The Labute approximate surface area is 183 Å². The molecule has 31 heavy (non-hydrogen) atoms. The van der Waals surface area contributed by atoms with Gasteiger partial charge in [-0.05, 0) is 50.4 Å². The molecule has 0 spiro atoms. The van der Waals surface area contributed by atoms with E-state index >= 15 is 0 Å². The molecule has 0 saturated carbocycles. The molecule has 3 fully saturated rings. The third-order valence-corrected chi connectivity index (χ3v) is 7.05. The second-order valence-corrected chi connectivity index (χ2v) is 8.89. The summed E-state index contributed by atoms with van der Waals surface area (Å²) in [5.74, 6) is -0.196. The number of likely N-dealkylation sites (tertiary alicyclic amines) is 1. The first-order valence-corrected chi connectivity index (χ1v) is 11.4. The van der Waals surface area contributed by atoms with Crippen LogP contribution in [0.3, 0.4) is 0 Å². The quantitative estimate of drug-likeness (QED) is 0.708. The molecule has 3 aliphatic heterocycles. The standard InChI is InChI=1S/C23H33FN4O3/c1-27-19(6-7-21(29)25-14-16-2-4-17(24)5-3-16)15-26-23(30)22-20(27)8-11-28(22)18-9-12-31-13-10-18/h2-5,18-20,22H,6-15H2,1H3,(H,25,29)(H,26,30)/t19-,20-,22-/m0/s1. The Balaban J connectivity index is 1.30. The van der Waals surface area contributed by atoms with Gasteiger partial charge in [0.2, 0.25) is 11.8 Å². The Hall–Kier alpha value is -2.03. The third kappa shape index (κ3) is 5.25. The molecule has 0 unspecified atom stereocenters. The maximum absolute atomic E-state index is 13.0. The minimum absolute atomic E-state index is 0.0277. The van der Waals surface area contributed by atoms with Crippen molar-refractivity contribution in [2.24, 2.45) is 0 Å². The van der Waals surface area contributed by atoms with Crippen LogP contribution in [0.15, 0.2) is 24.3 Å². The number of amides is 2. The molecule has 0 radical (unpaired) electrons. The number of ether oxygens (including phenoxy) is 1. The lowest BCUT2D eigenvalue weighted by molar-refractivity contribution is -0.127. The zero-order valence-electron chi connectivity index (χ0n) is 18.2. The summed E-state index contributed by atoms with van der Waals surface area (Å²) in [6, 6.07) is 6.74. The van der Waals surface area contributed by atoms with Crippen molar-refractivity contribution in [1.29, 1.82) is 0 Å². The molecule has 0 aromatic heterocycles. The molecular weight excluding hydrogens is 399 g/mol. The largest absolute Gasteiger partial charge is 0.381 e. The van der Waals surface area contributed by atoms with E-state index in [1.807, 2.05) is 0 Å². The summed E-state index contributed by atoms with van der Waals surface area (Å²) in [5, 5.41) is 6.04. The molecule has 7 nitrogen and oxygen atoms in total. The number of hydrogen-bond acceptors (Lipinski definition) is 5. The Morgan fingerprint density at radius 1 is 1.23 bits per heavy atom. The highest BCUT2D eigenvalue weighted by Crippen LogP contribution is 2.31. The van der Waals surface area contributed by atoms with E-state index in [2.05, 4.69) is 27.5 Å². The van der Waals surface area contributed by atoms with E-state index in [1.165, 1.54) is 12.1 Å². The molecule has 3 aliphatic rings. The van der Waals surface area contributed by atoms with Crippen molar-refractivity contribution in [1.82, 2.24) is 20.4 Å². The van der Waals surface area contributed by atoms with Crippen LogP contribution in [-0.4, -0.2) is 79.1 Å². The fourth-order valence-electron chi connectivity index (χ4n) is 5.21. The Morgan fingerprint density at radius 3 is 2.71 bits per heavy atom. The minimum atomic E-state index is -0.283. The number of nitrogens with zero attached hydrogens (tertiary/aromatic N) is 2. The van der Waals surface area contributed by atoms with Crippen molar-refractivity contribution in [3.8, 4) is 0 Å². The van der Waals surface area contributed by atoms with Crippen molar-refractivity contribution >= 4 is 11.8 Å². The van der Waals surface area contributed by atoms with Crippen LogP contribution in [-0.2, 0) is 20.9 Å². The molecule has 4 rings (SSSR count). The normalized spacial score (nSPS) is 28.1. The predicted octanol–water partition coefficient (Wildman–Crippen LogP) is 1.27. The van der Waals surface area contributed by atoms with Crippen molar-refractivity contribution in [3.05, 3.63) is 35.6 Å². The van der Waals surface area contributed by atoms with Crippen LogP contribution < -0.4 is 10.6 Å². The van der Waals surface area contributed by atoms with Crippen LogP contribution in [0.1, 0.15) is 37.7 Å². The molecule has 1 aromatic rings. The summed E-state index contributed by atoms with van der Waals surface area (Å²) in [7, 11) is 2.09. The van der Waals surface area contributed by atoms with Gasteiger partial charge in [0.15, 0.2) is 0 Å². The second kappa shape index (κ2) is 10.1. The van der Waals surface area contributed by atoms with Gasteiger partial charge in [0.25, 0.3) is 0 Å². The molecule has 0 aliphatic carbocycles. The van der Waals surface area contributed by atoms with Gasteiger partial charge in [0.05, 0.1) is 0 Å². The maximum atomic E-state index is 13.0. The summed E-state index contributed by atoms with van der Waals surface area (Å²) >= 11 is 0. The van der Waals surface area contributed by atoms with Crippen molar-refractivity contribution < 1.29 is 18.7 Å². The number of benzene rings is 1. The fraction of sp³-hybridized carbons (Fsp3) is 0.652. The molecule has 3 atom stereocenters. The van der Waals surface area contributed by atoms with E-state index in [1.54, 1.807) is 12.1 Å². The molecule has 2 amide bonds. The first kappa shape index (κ1) is 22.2. The van der Waals surface area contributed by atoms with Gasteiger partial charge in [-0.1, -0.05) is 12.1 Å². The highest BCUT2D eigenvalue weighted by atomic mass is 19.1. The van der Waals surface area contributed by atoms with Crippen molar-refractivity contribution in [2.45, 2.75) is 62.8 Å². The molecule has 1 aromatic carbocycles. The zero-order chi connectivity index (χ0) is 21.8. The molecular formula is C23H33FN4O3. The van der Waals surface area contributed by atoms with Gasteiger partial charge in [-0.25, -0.2) is 4.39 Å². The highest BCUT2D eigenvalue weighted by Gasteiger charge is 2.47. The number of hydrogen-bond donors (Lipinski definition) is 2. The van der Waals surface area contributed by atoms with E-state index in [4.69, 9.17) is 4.74 Å². The van der Waals surface area contributed by atoms with Crippen molar-refractivity contribution in [3.63, 3.8) is 0 Å². The number of carbonyl (C=O) groups is 2. The van der Waals surface area contributed by atoms with E-state index in [0.29, 0.717) is 32.0 Å². The summed E-state index contributed by atoms with van der Waals surface area (Å²) in [5.41, 5.74) is 0.871. The van der Waals surface area contributed by atoms with Crippen LogP contribution in [0.4, 0.5) is 4.39 Å². The van der Waals surface area contributed by atoms with Crippen LogP contribution in [0.5, 0.6) is 0 Å². The van der Waals surface area contributed by atoms with Crippen LogP contribution in [0.2, 0.25) is 0 Å². The lowest BCUT2D eigenvalue weighted by Crippen LogP contribution is -2.53. The number of carbonyl (C=O) groups excluding carboxylic acids is 2. The van der Waals surface area contributed by atoms with Gasteiger partial charge in [0.1, 0.15) is 11.9 Å². The lowest BCUT2D eigenvalue weighted by Gasteiger charge is -2.37. The lowest BCUT2D eigenvalue weighted by atomic mass is 10.0. The number of likely N-dealkylation sites (N-methyl/N-ethyl adjacent to an activating group) is 1. The molecule has 3 heterocycles. The van der Waals surface area contributed by atoms with Crippen LogP contribution >= 0.6 is 0 Å². The Morgan fingerprint density at radius 2 is 1.97 bits per heavy atom. The smallest absolute Gasteiger partial charge is 0.239 e. The summed E-state index contributed by atoms with van der Waals surface area (Å²) < 4.78 is 18.5.